The average molecular weight is 258 g/mol. The molecule has 0 spiro atoms. The first-order chi connectivity index (χ1) is 8.06. The number of rotatable bonds is 6. The van der Waals surface area contributed by atoms with Crippen molar-refractivity contribution in [3.8, 4) is 0 Å². The second-order valence-corrected chi connectivity index (χ2v) is 5.17. The van der Waals surface area contributed by atoms with Crippen LogP contribution < -0.4 is 5.32 Å². The van der Waals surface area contributed by atoms with Crippen LogP contribution in [0.2, 0.25) is 5.02 Å². The van der Waals surface area contributed by atoms with Crippen molar-refractivity contribution in [2.75, 3.05) is 7.05 Å². The lowest BCUT2D eigenvalue weighted by Gasteiger charge is -2.27. The Bertz CT molecular complexity index is 342. The molecule has 0 saturated carbocycles. The van der Waals surface area contributed by atoms with Crippen molar-refractivity contribution >= 4 is 11.6 Å². The van der Waals surface area contributed by atoms with Gasteiger partial charge in [0, 0.05) is 6.04 Å². The maximum Gasteiger partial charge on any atom is 0.0834 e. The van der Waals surface area contributed by atoms with Gasteiger partial charge in [0.15, 0.2) is 0 Å². The summed E-state index contributed by atoms with van der Waals surface area (Å²) in [4.78, 5) is 0. The third-order valence-electron chi connectivity index (χ3n) is 3.40. The van der Waals surface area contributed by atoms with Crippen LogP contribution in [0, 0.1) is 5.92 Å². The molecule has 0 radical (unpaired) electrons. The monoisotopic (exact) mass is 257 g/mol. The van der Waals surface area contributed by atoms with Gasteiger partial charge < -0.3 is 5.32 Å². The van der Waals surface area contributed by atoms with Crippen LogP contribution in [0.1, 0.15) is 58.3 Å². The lowest BCUT2D eigenvalue weighted by molar-refractivity contribution is 0.332. The van der Waals surface area contributed by atoms with Gasteiger partial charge in [-0.15, -0.1) is 0 Å². The van der Waals surface area contributed by atoms with Crippen LogP contribution >= 0.6 is 11.6 Å². The normalized spacial score (nSPS) is 13.6. The van der Waals surface area contributed by atoms with Gasteiger partial charge in [0.1, 0.15) is 0 Å². The van der Waals surface area contributed by atoms with E-state index in [0.717, 1.165) is 23.6 Å². The number of halogens is 1. The van der Waals surface area contributed by atoms with E-state index < -0.39 is 0 Å². The maximum atomic E-state index is 6.30. The molecule has 1 aromatic rings. The van der Waals surface area contributed by atoms with Crippen molar-refractivity contribution in [1.82, 2.24) is 15.1 Å². The standard InChI is InChI=1S/C13H24ClN3/c1-6-10(7-2)12(15-5)13-11(14)8-16-17(13)9(3)4/h8-10,12,15H,6-7H2,1-5H3. The second kappa shape index (κ2) is 6.41. The summed E-state index contributed by atoms with van der Waals surface area (Å²) in [5, 5.41) is 8.55. The van der Waals surface area contributed by atoms with Gasteiger partial charge in [-0.3, -0.25) is 4.68 Å². The van der Waals surface area contributed by atoms with E-state index >= 15 is 0 Å². The highest BCUT2D eigenvalue weighted by Gasteiger charge is 2.25. The van der Waals surface area contributed by atoms with Gasteiger partial charge >= 0.3 is 0 Å². The molecule has 0 aliphatic carbocycles. The van der Waals surface area contributed by atoms with Crippen molar-refractivity contribution in [2.24, 2.45) is 5.92 Å². The van der Waals surface area contributed by atoms with Crippen molar-refractivity contribution < 1.29 is 0 Å². The van der Waals surface area contributed by atoms with E-state index in [-0.39, 0.29) is 6.04 Å². The van der Waals surface area contributed by atoms with E-state index in [1.54, 1.807) is 6.20 Å². The molecular weight excluding hydrogens is 234 g/mol. The van der Waals surface area contributed by atoms with Crippen LogP contribution in [-0.2, 0) is 0 Å². The summed E-state index contributed by atoms with van der Waals surface area (Å²) in [5.74, 6) is 0.590. The van der Waals surface area contributed by atoms with Crippen molar-refractivity contribution in [1.29, 1.82) is 0 Å². The Morgan fingerprint density at radius 3 is 2.35 bits per heavy atom. The fraction of sp³-hybridized carbons (Fsp3) is 0.769. The molecule has 1 atom stereocenters. The lowest BCUT2D eigenvalue weighted by Crippen LogP contribution is -2.28. The molecule has 1 rings (SSSR count). The molecule has 0 amide bonds. The number of hydrogen-bond acceptors (Lipinski definition) is 2. The number of aromatic nitrogens is 2. The third kappa shape index (κ3) is 3.02. The Labute approximate surface area is 110 Å². The third-order valence-corrected chi connectivity index (χ3v) is 3.69. The Balaban J connectivity index is 3.14. The van der Waals surface area contributed by atoms with E-state index in [4.69, 9.17) is 11.6 Å². The Morgan fingerprint density at radius 2 is 1.94 bits per heavy atom. The van der Waals surface area contributed by atoms with Crippen LogP contribution in [0.25, 0.3) is 0 Å². The zero-order chi connectivity index (χ0) is 13.0. The maximum absolute atomic E-state index is 6.30. The first kappa shape index (κ1) is 14.5. The molecule has 1 unspecified atom stereocenters. The smallest absolute Gasteiger partial charge is 0.0834 e. The zero-order valence-electron chi connectivity index (χ0n) is 11.5. The first-order valence-electron chi connectivity index (χ1n) is 6.46. The molecule has 1 aromatic heterocycles. The Morgan fingerprint density at radius 1 is 1.35 bits per heavy atom. The Hall–Kier alpha value is -0.540. The second-order valence-electron chi connectivity index (χ2n) is 4.76. The number of hydrogen-bond donors (Lipinski definition) is 1. The van der Waals surface area contributed by atoms with E-state index in [2.05, 4.69) is 38.1 Å². The molecule has 0 aliphatic rings. The molecule has 98 valence electrons. The molecule has 0 aliphatic heterocycles. The van der Waals surface area contributed by atoms with Gasteiger partial charge in [0.25, 0.3) is 0 Å². The first-order valence-corrected chi connectivity index (χ1v) is 6.84. The highest BCUT2D eigenvalue weighted by atomic mass is 35.5. The summed E-state index contributed by atoms with van der Waals surface area (Å²) < 4.78 is 2.03. The molecule has 17 heavy (non-hydrogen) atoms. The molecular formula is C13H24ClN3. The van der Waals surface area contributed by atoms with Crippen LogP contribution in [0.15, 0.2) is 6.20 Å². The van der Waals surface area contributed by atoms with E-state index in [0.29, 0.717) is 12.0 Å². The van der Waals surface area contributed by atoms with Crippen molar-refractivity contribution in [2.45, 2.75) is 52.6 Å². The Kier molecular flexibility index (Phi) is 5.47. The highest BCUT2D eigenvalue weighted by molar-refractivity contribution is 6.31. The molecule has 1 heterocycles. The predicted molar refractivity (Wildman–Crippen MR) is 73.5 cm³/mol. The molecule has 0 aromatic carbocycles. The summed E-state index contributed by atoms with van der Waals surface area (Å²) in [6.07, 6.45) is 4.03. The lowest BCUT2D eigenvalue weighted by atomic mass is 9.91. The zero-order valence-corrected chi connectivity index (χ0v) is 12.3. The molecule has 3 nitrogen and oxygen atoms in total. The topological polar surface area (TPSA) is 29.9 Å². The minimum absolute atomic E-state index is 0.280. The number of nitrogens with one attached hydrogen (secondary N) is 1. The number of nitrogens with zero attached hydrogens (tertiary/aromatic N) is 2. The van der Waals surface area contributed by atoms with Crippen LogP contribution in [0.5, 0.6) is 0 Å². The fourth-order valence-electron chi connectivity index (χ4n) is 2.41. The molecule has 0 saturated heterocycles. The van der Waals surface area contributed by atoms with Gasteiger partial charge in [0.2, 0.25) is 0 Å². The quantitative estimate of drug-likeness (QED) is 0.840. The van der Waals surface area contributed by atoms with Crippen LogP contribution in [0.4, 0.5) is 0 Å². The average Bonchev–Trinajstić information content (AvgIpc) is 2.68. The molecule has 0 bridgehead atoms. The predicted octanol–water partition coefficient (Wildman–Crippen LogP) is 3.81. The largest absolute Gasteiger partial charge is 0.311 e. The van der Waals surface area contributed by atoms with Gasteiger partial charge in [-0.25, -0.2) is 0 Å². The van der Waals surface area contributed by atoms with Gasteiger partial charge in [-0.2, -0.15) is 5.10 Å². The molecule has 4 heteroatoms. The summed E-state index contributed by atoms with van der Waals surface area (Å²) in [7, 11) is 2.00. The fourth-order valence-corrected chi connectivity index (χ4v) is 2.66. The minimum atomic E-state index is 0.280. The van der Waals surface area contributed by atoms with E-state index in [9.17, 15) is 0 Å². The highest BCUT2D eigenvalue weighted by Crippen LogP contribution is 2.33. The van der Waals surface area contributed by atoms with Gasteiger partial charge in [-0.05, 0) is 26.8 Å². The molecule has 1 N–H and O–H groups in total. The minimum Gasteiger partial charge on any atom is -0.311 e. The van der Waals surface area contributed by atoms with E-state index in [1.807, 2.05) is 11.7 Å². The van der Waals surface area contributed by atoms with Crippen LogP contribution in [0.3, 0.4) is 0 Å². The van der Waals surface area contributed by atoms with Crippen molar-refractivity contribution in [3.63, 3.8) is 0 Å². The van der Waals surface area contributed by atoms with Gasteiger partial charge in [0.05, 0.1) is 23.0 Å². The molecule has 0 fully saturated rings. The van der Waals surface area contributed by atoms with Crippen LogP contribution in [-0.4, -0.2) is 16.8 Å². The summed E-state index contributed by atoms with van der Waals surface area (Å²) >= 11 is 6.30. The summed E-state index contributed by atoms with van der Waals surface area (Å²) in [6, 6.07) is 0.616. The summed E-state index contributed by atoms with van der Waals surface area (Å²) in [6.45, 7) is 8.71. The summed E-state index contributed by atoms with van der Waals surface area (Å²) in [5.41, 5.74) is 1.12. The van der Waals surface area contributed by atoms with E-state index in [1.165, 1.54) is 0 Å². The SMILES string of the molecule is CCC(CC)C(NC)c1c(Cl)cnn1C(C)C. The van der Waals surface area contributed by atoms with Gasteiger partial charge in [-0.1, -0.05) is 38.3 Å². The van der Waals surface area contributed by atoms with Crippen molar-refractivity contribution in [3.05, 3.63) is 16.9 Å².